The summed E-state index contributed by atoms with van der Waals surface area (Å²) in [6, 6.07) is 0.0631. The summed E-state index contributed by atoms with van der Waals surface area (Å²) in [4.78, 5) is 0.0424. The van der Waals surface area contributed by atoms with Gasteiger partial charge in [-0.3, -0.25) is 0 Å². The maximum absolute atomic E-state index is 11.9. The maximum Gasteiger partial charge on any atom is 0.220 e. The molecule has 0 aliphatic carbocycles. The van der Waals surface area contributed by atoms with Crippen LogP contribution in [0, 0.1) is 5.92 Å². The summed E-state index contributed by atoms with van der Waals surface area (Å²) in [6.07, 6.45) is 1.83. The fourth-order valence-electron chi connectivity index (χ4n) is 2.06. The van der Waals surface area contributed by atoms with Crippen LogP contribution >= 0.6 is 12.2 Å². The fourth-order valence-corrected chi connectivity index (χ4v) is 4.05. The van der Waals surface area contributed by atoms with Gasteiger partial charge in [0, 0.05) is 12.6 Å². The van der Waals surface area contributed by atoms with Crippen LogP contribution in [-0.2, 0) is 10.0 Å². The van der Waals surface area contributed by atoms with Crippen molar-refractivity contribution in [2.45, 2.75) is 32.7 Å². The van der Waals surface area contributed by atoms with Crippen molar-refractivity contribution < 1.29 is 8.42 Å². The second-order valence-corrected chi connectivity index (χ2v) is 6.76. The van der Waals surface area contributed by atoms with Gasteiger partial charge in [-0.2, -0.15) is 4.31 Å². The molecule has 1 aliphatic rings. The van der Waals surface area contributed by atoms with E-state index in [1.54, 1.807) is 0 Å². The number of thiocarbonyl (C=S) groups is 1. The first-order valence-electron chi connectivity index (χ1n) is 5.10. The van der Waals surface area contributed by atoms with Crippen molar-refractivity contribution in [3.05, 3.63) is 0 Å². The zero-order valence-electron chi connectivity index (χ0n) is 9.14. The number of sulfonamides is 1. The molecule has 1 saturated heterocycles. The summed E-state index contributed by atoms with van der Waals surface area (Å²) in [5, 5.41) is 0. The third-order valence-corrected chi connectivity index (χ3v) is 5.02. The van der Waals surface area contributed by atoms with Gasteiger partial charge in [-0.05, 0) is 25.7 Å². The summed E-state index contributed by atoms with van der Waals surface area (Å²) < 4.78 is 25.3. The molecule has 2 atom stereocenters. The second kappa shape index (κ2) is 4.76. The van der Waals surface area contributed by atoms with Gasteiger partial charge in [0.25, 0.3) is 0 Å². The number of piperidine rings is 1. The van der Waals surface area contributed by atoms with E-state index in [1.165, 1.54) is 4.31 Å². The Hall–Kier alpha value is -0.200. The molecule has 1 fully saturated rings. The molecule has 4 nitrogen and oxygen atoms in total. The zero-order valence-corrected chi connectivity index (χ0v) is 10.8. The van der Waals surface area contributed by atoms with Crippen LogP contribution in [0.2, 0.25) is 0 Å². The molecule has 6 heteroatoms. The van der Waals surface area contributed by atoms with Crippen molar-refractivity contribution in [2.24, 2.45) is 11.7 Å². The van der Waals surface area contributed by atoms with Crippen LogP contribution in [0.15, 0.2) is 0 Å². The van der Waals surface area contributed by atoms with E-state index in [0.717, 1.165) is 12.8 Å². The van der Waals surface area contributed by atoms with E-state index in [2.05, 4.69) is 19.1 Å². The number of rotatable bonds is 3. The maximum atomic E-state index is 11.9. The second-order valence-electron chi connectivity index (χ2n) is 4.31. The van der Waals surface area contributed by atoms with Gasteiger partial charge in [0.2, 0.25) is 10.0 Å². The molecule has 2 N–H and O–H groups in total. The van der Waals surface area contributed by atoms with Gasteiger partial charge in [0.15, 0.2) is 0 Å². The molecule has 88 valence electrons. The van der Waals surface area contributed by atoms with Gasteiger partial charge in [0.05, 0.1) is 4.99 Å². The van der Waals surface area contributed by atoms with Crippen molar-refractivity contribution in [1.82, 2.24) is 4.31 Å². The molecule has 0 spiro atoms. The predicted octanol–water partition coefficient (Wildman–Crippen LogP) is 0.723. The molecule has 1 rings (SSSR count). The number of hydrogen-bond donors (Lipinski definition) is 1. The lowest BCUT2D eigenvalue weighted by molar-refractivity contribution is 0.221. The van der Waals surface area contributed by atoms with Crippen molar-refractivity contribution >= 4 is 27.2 Å². The van der Waals surface area contributed by atoms with Crippen molar-refractivity contribution in [3.63, 3.8) is 0 Å². The van der Waals surface area contributed by atoms with Gasteiger partial charge in [-0.1, -0.05) is 19.1 Å². The Balaban J connectivity index is 2.75. The van der Waals surface area contributed by atoms with Crippen LogP contribution in [0.25, 0.3) is 0 Å². The van der Waals surface area contributed by atoms with E-state index in [4.69, 9.17) is 5.73 Å². The van der Waals surface area contributed by atoms with Crippen LogP contribution < -0.4 is 5.73 Å². The quantitative estimate of drug-likeness (QED) is 0.750. The van der Waals surface area contributed by atoms with Crippen LogP contribution in [-0.4, -0.2) is 36.1 Å². The molecule has 0 saturated carbocycles. The first kappa shape index (κ1) is 12.9. The first-order chi connectivity index (χ1) is 6.83. The van der Waals surface area contributed by atoms with Gasteiger partial charge in [0.1, 0.15) is 5.75 Å². The first-order valence-corrected chi connectivity index (χ1v) is 7.12. The van der Waals surface area contributed by atoms with E-state index in [0.29, 0.717) is 12.5 Å². The van der Waals surface area contributed by atoms with Crippen LogP contribution in [0.5, 0.6) is 0 Å². The van der Waals surface area contributed by atoms with E-state index < -0.39 is 10.0 Å². The SMILES string of the molecule is CC1CCN(S(=O)(=O)CC(N)=S)C(C)C1. The molecular formula is C9H18N2O2S2. The monoisotopic (exact) mass is 250 g/mol. The molecule has 1 heterocycles. The number of nitrogens with two attached hydrogens (primary N) is 1. The Labute approximate surface area is 96.9 Å². The van der Waals surface area contributed by atoms with Gasteiger partial charge in [-0.15, -0.1) is 0 Å². The van der Waals surface area contributed by atoms with Crippen LogP contribution in [0.4, 0.5) is 0 Å². The molecule has 0 radical (unpaired) electrons. The predicted molar refractivity (Wildman–Crippen MR) is 65.1 cm³/mol. The lowest BCUT2D eigenvalue weighted by atomic mass is 9.95. The third-order valence-electron chi connectivity index (χ3n) is 2.76. The van der Waals surface area contributed by atoms with E-state index in [9.17, 15) is 8.42 Å². The van der Waals surface area contributed by atoms with Crippen molar-refractivity contribution in [1.29, 1.82) is 0 Å². The van der Waals surface area contributed by atoms with Gasteiger partial charge in [-0.25, -0.2) is 8.42 Å². The summed E-state index contributed by atoms with van der Waals surface area (Å²) in [7, 11) is -3.29. The van der Waals surface area contributed by atoms with E-state index in [1.807, 2.05) is 6.92 Å². The number of nitrogens with zero attached hydrogens (tertiary/aromatic N) is 1. The topological polar surface area (TPSA) is 63.4 Å². The van der Waals surface area contributed by atoms with Crippen molar-refractivity contribution in [3.8, 4) is 0 Å². The normalized spacial score (nSPS) is 28.9. The fraction of sp³-hybridized carbons (Fsp3) is 0.889. The molecule has 0 aromatic rings. The molecule has 0 amide bonds. The van der Waals surface area contributed by atoms with Crippen LogP contribution in [0.3, 0.4) is 0 Å². The van der Waals surface area contributed by atoms with Crippen molar-refractivity contribution in [2.75, 3.05) is 12.3 Å². The average Bonchev–Trinajstić information content (AvgIpc) is 1.99. The summed E-state index contributed by atoms with van der Waals surface area (Å²) in [6.45, 7) is 4.67. The highest BCUT2D eigenvalue weighted by Gasteiger charge is 2.32. The summed E-state index contributed by atoms with van der Waals surface area (Å²) in [5.41, 5.74) is 5.28. The molecule has 0 aromatic carbocycles. The third kappa shape index (κ3) is 3.39. The smallest absolute Gasteiger partial charge is 0.220 e. The lowest BCUT2D eigenvalue weighted by Crippen LogP contribution is -2.46. The summed E-state index contributed by atoms with van der Waals surface area (Å²) >= 11 is 4.65. The molecule has 0 bridgehead atoms. The Kier molecular flexibility index (Phi) is 4.08. The molecule has 2 unspecified atom stereocenters. The van der Waals surface area contributed by atoms with E-state index >= 15 is 0 Å². The summed E-state index contributed by atoms with van der Waals surface area (Å²) in [5.74, 6) is 0.386. The average molecular weight is 250 g/mol. The minimum Gasteiger partial charge on any atom is -0.392 e. The Morgan fingerprint density at radius 2 is 2.13 bits per heavy atom. The molecule has 15 heavy (non-hydrogen) atoms. The highest BCUT2D eigenvalue weighted by molar-refractivity contribution is 7.92. The minimum atomic E-state index is -3.29. The molecule has 0 aromatic heterocycles. The Morgan fingerprint density at radius 1 is 1.53 bits per heavy atom. The molecular weight excluding hydrogens is 232 g/mol. The van der Waals surface area contributed by atoms with Gasteiger partial charge >= 0.3 is 0 Å². The minimum absolute atomic E-state index is 0.0424. The van der Waals surface area contributed by atoms with E-state index in [-0.39, 0.29) is 16.8 Å². The van der Waals surface area contributed by atoms with Crippen LogP contribution in [0.1, 0.15) is 26.7 Å². The highest BCUT2D eigenvalue weighted by atomic mass is 32.2. The molecule has 1 aliphatic heterocycles. The Bertz CT molecular complexity index is 340. The van der Waals surface area contributed by atoms with Gasteiger partial charge < -0.3 is 5.73 Å². The Morgan fingerprint density at radius 3 is 2.60 bits per heavy atom. The number of hydrogen-bond acceptors (Lipinski definition) is 3. The largest absolute Gasteiger partial charge is 0.392 e. The standard InChI is InChI=1S/C9H18N2O2S2/c1-7-3-4-11(8(2)5-7)15(12,13)6-9(10)14/h7-8H,3-6H2,1-2H3,(H2,10,14). The highest BCUT2D eigenvalue weighted by Crippen LogP contribution is 2.24. The zero-order chi connectivity index (χ0) is 11.6. The lowest BCUT2D eigenvalue weighted by Gasteiger charge is -2.35.